The zero-order chi connectivity index (χ0) is 30.3. The van der Waals surface area contributed by atoms with E-state index in [0.29, 0.717) is 24.1 Å². The van der Waals surface area contributed by atoms with Gasteiger partial charge in [-0.2, -0.15) is 0 Å². The molecule has 0 saturated heterocycles. The first-order chi connectivity index (χ1) is 20.7. The summed E-state index contributed by atoms with van der Waals surface area (Å²) in [4.78, 5) is 4.99. The number of hydrogen-bond donors (Lipinski definition) is 2. The molecule has 5 heteroatoms. The molecule has 4 saturated carbocycles. The summed E-state index contributed by atoms with van der Waals surface area (Å²) < 4.78 is 11.8. The molecule has 1 heterocycles. The minimum absolute atomic E-state index is 0.134. The lowest BCUT2D eigenvalue weighted by molar-refractivity contribution is -0.00922. The Morgan fingerprint density at radius 1 is 0.884 bits per heavy atom. The van der Waals surface area contributed by atoms with Crippen LogP contribution in [0.15, 0.2) is 48.5 Å². The molecule has 0 aliphatic heterocycles. The number of para-hydroxylation sites is 1. The first kappa shape index (κ1) is 30.1. The molecule has 2 N–H and O–H groups in total. The SMILES string of the molecule is COCOc1c(C(O)c2cccc(CNc3c(C(C)C)cccc3C(C)C)n2)cc(C)cc1C12CC3CC(CC(C3)C1)C2. The minimum Gasteiger partial charge on any atom is -0.467 e. The molecular weight excluding hydrogens is 532 g/mol. The molecule has 0 spiro atoms. The predicted octanol–water partition coefficient (Wildman–Crippen LogP) is 8.78. The standard InChI is InChI=1S/C38H50N2O3/c1-23(2)30-10-8-11-31(24(3)4)35(30)39-21-29-9-7-12-34(40-29)36(41)32-13-25(5)14-33(37(32)43-22-42-6)38-18-26-15-27(19-38)17-28(16-26)20-38/h7-14,23-24,26-28,36,39,41H,15-22H2,1-6H3. The van der Waals surface area contributed by atoms with E-state index in [4.69, 9.17) is 14.5 Å². The van der Waals surface area contributed by atoms with Crippen LogP contribution in [0.1, 0.15) is 123 Å². The zero-order valence-electron chi connectivity index (χ0n) is 27.0. The van der Waals surface area contributed by atoms with Crippen molar-refractivity contribution in [2.75, 3.05) is 19.2 Å². The van der Waals surface area contributed by atoms with Gasteiger partial charge >= 0.3 is 0 Å². The third kappa shape index (κ3) is 5.95. The van der Waals surface area contributed by atoms with Crippen molar-refractivity contribution in [1.82, 2.24) is 4.98 Å². The monoisotopic (exact) mass is 582 g/mol. The summed E-state index contributed by atoms with van der Waals surface area (Å²) in [5.41, 5.74) is 8.76. The molecule has 0 radical (unpaired) electrons. The third-order valence-corrected chi connectivity index (χ3v) is 10.4. The Morgan fingerprint density at radius 2 is 1.49 bits per heavy atom. The molecule has 1 aromatic heterocycles. The quantitative estimate of drug-likeness (QED) is 0.221. The highest BCUT2D eigenvalue weighted by Gasteiger charge is 2.53. The highest BCUT2D eigenvalue weighted by atomic mass is 16.7. The van der Waals surface area contributed by atoms with Crippen LogP contribution in [0, 0.1) is 24.7 Å². The van der Waals surface area contributed by atoms with Crippen LogP contribution < -0.4 is 10.1 Å². The third-order valence-electron chi connectivity index (χ3n) is 10.4. The summed E-state index contributed by atoms with van der Waals surface area (Å²) in [5, 5.41) is 15.7. The average molecular weight is 583 g/mol. The largest absolute Gasteiger partial charge is 0.467 e. The van der Waals surface area contributed by atoms with Crippen molar-refractivity contribution < 1.29 is 14.6 Å². The van der Waals surface area contributed by atoms with Gasteiger partial charge in [0.1, 0.15) is 11.9 Å². The first-order valence-corrected chi connectivity index (χ1v) is 16.4. The first-order valence-electron chi connectivity index (χ1n) is 16.4. The molecule has 0 amide bonds. The van der Waals surface area contributed by atoms with Gasteiger partial charge in [-0.3, -0.25) is 4.98 Å². The Hall–Kier alpha value is -2.89. The van der Waals surface area contributed by atoms with E-state index < -0.39 is 6.10 Å². The molecule has 7 rings (SSSR count). The predicted molar refractivity (Wildman–Crippen MR) is 174 cm³/mol. The van der Waals surface area contributed by atoms with E-state index in [1.165, 1.54) is 60.9 Å². The fourth-order valence-corrected chi connectivity index (χ4v) is 8.96. The summed E-state index contributed by atoms with van der Waals surface area (Å²) in [6.07, 6.45) is 6.97. The van der Waals surface area contributed by atoms with Gasteiger partial charge in [0.25, 0.3) is 0 Å². The normalized spacial score (nSPS) is 25.0. The van der Waals surface area contributed by atoms with Gasteiger partial charge in [0.15, 0.2) is 6.79 Å². The lowest BCUT2D eigenvalue weighted by Crippen LogP contribution is -2.48. The molecule has 3 aromatic rings. The number of hydrogen-bond acceptors (Lipinski definition) is 5. The molecule has 1 atom stereocenters. The molecule has 1 unspecified atom stereocenters. The summed E-state index contributed by atoms with van der Waals surface area (Å²) in [7, 11) is 1.66. The second kappa shape index (κ2) is 12.2. The summed E-state index contributed by atoms with van der Waals surface area (Å²) in [5.74, 6) is 4.09. The van der Waals surface area contributed by atoms with Crippen LogP contribution >= 0.6 is 0 Å². The Balaban J connectivity index is 1.32. The van der Waals surface area contributed by atoms with Crippen LogP contribution in [0.5, 0.6) is 5.75 Å². The van der Waals surface area contributed by atoms with Crippen molar-refractivity contribution in [2.24, 2.45) is 17.8 Å². The van der Waals surface area contributed by atoms with Gasteiger partial charge in [0, 0.05) is 23.9 Å². The lowest BCUT2D eigenvalue weighted by atomic mass is 9.48. The molecule has 230 valence electrons. The highest BCUT2D eigenvalue weighted by Crippen LogP contribution is 2.62. The van der Waals surface area contributed by atoms with Crippen molar-refractivity contribution in [3.8, 4) is 5.75 Å². The topological polar surface area (TPSA) is 63.6 Å². The van der Waals surface area contributed by atoms with Crippen molar-refractivity contribution >= 4 is 5.69 Å². The van der Waals surface area contributed by atoms with Gasteiger partial charge in [0.05, 0.1) is 17.9 Å². The number of nitrogens with one attached hydrogen (secondary N) is 1. The Labute approximate surface area is 258 Å². The number of pyridine rings is 1. The molecule has 5 nitrogen and oxygen atoms in total. The number of anilines is 1. The molecular formula is C38H50N2O3. The van der Waals surface area contributed by atoms with Crippen molar-refractivity contribution in [1.29, 1.82) is 0 Å². The van der Waals surface area contributed by atoms with E-state index in [9.17, 15) is 5.11 Å². The zero-order valence-corrected chi connectivity index (χ0v) is 27.0. The van der Waals surface area contributed by atoms with Crippen molar-refractivity contribution in [2.45, 2.75) is 103 Å². The molecule has 4 aliphatic carbocycles. The van der Waals surface area contributed by atoms with Crippen LogP contribution in [0.3, 0.4) is 0 Å². The van der Waals surface area contributed by atoms with Crippen LogP contribution in [0.4, 0.5) is 5.69 Å². The molecule has 43 heavy (non-hydrogen) atoms. The molecule has 4 fully saturated rings. The van der Waals surface area contributed by atoms with E-state index in [0.717, 1.165) is 40.3 Å². The minimum atomic E-state index is -0.895. The number of aliphatic hydroxyl groups is 1. The Bertz CT molecular complexity index is 1380. The molecule has 4 aliphatic rings. The Morgan fingerprint density at radius 3 is 2.07 bits per heavy atom. The van der Waals surface area contributed by atoms with Crippen molar-refractivity contribution in [3.63, 3.8) is 0 Å². The van der Waals surface area contributed by atoms with Gasteiger partial charge in [0.2, 0.25) is 0 Å². The number of nitrogens with zero attached hydrogens (tertiary/aromatic N) is 1. The lowest BCUT2D eigenvalue weighted by Gasteiger charge is -2.57. The summed E-state index contributed by atoms with van der Waals surface area (Å²) in [6, 6.07) is 17.0. The van der Waals surface area contributed by atoms with E-state index in [1.54, 1.807) is 7.11 Å². The average Bonchev–Trinajstić information content (AvgIpc) is 2.97. The van der Waals surface area contributed by atoms with Gasteiger partial charge in [-0.25, -0.2) is 0 Å². The summed E-state index contributed by atoms with van der Waals surface area (Å²) >= 11 is 0. The highest BCUT2D eigenvalue weighted by molar-refractivity contribution is 5.60. The number of ether oxygens (including phenoxy) is 2. The summed E-state index contributed by atoms with van der Waals surface area (Å²) in [6.45, 7) is 11.8. The maximum absolute atomic E-state index is 11.9. The van der Waals surface area contributed by atoms with E-state index in [1.807, 2.05) is 18.2 Å². The maximum Gasteiger partial charge on any atom is 0.188 e. The maximum atomic E-state index is 11.9. The van der Waals surface area contributed by atoms with Crippen LogP contribution in [-0.2, 0) is 16.7 Å². The molecule has 2 aromatic carbocycles. The van der Waals surface area contributed by atoms with Crippen LogP contribution in [-0.4, -0.2) is 24.0 Å². The fourth-order valence-electron chi connectivity index (χ4n) is 8.96. The molecule has 4 bridgehead atoms. The number of aromatic nitrogens is 1. The number of aliphatic hydroxyl groups excluding tert-OH is 1. The number of benzene rings is 2. The smallest absolute Gasteiger partial charge is 0.188 e. The van der Waals surface area contributed by atoms with Gasteiger partial charge in [-0.05, 0) is 110 Å². The van der Waals surface area contributed by atoms with E-state index >= 15 is 0 Å². The second-order valence-electron chi connectivity index (χ2n) is 14.4. The second-order valence-corrected chi connectivity index (χ2v) is 14.4. The number of aryl methyl sites for hydroxylation is 1. The van der Waals surface area contributed by atoms with Gasteiger partial charge in [-0.15, -0.1) is 0 Å². The van der Waals surface area contributed by atoms with E-state index in [-0.39, 0.29) is 12.2 Å². The van der Waals surface area contributed by atoms with Gasteiger partial charge in [-0.1, -0.05) is 63.6 Å². The Kier molecular flexibility index (Phi) is 8.59. The van der Waals surface area contributed by atoms with Crippen LogP contribution in [0.25, 0.3) is 0 Å². The van der Waals surface area contributed by atoms with E-state index in [2.05, 4.69) is 70.3 Å². The number of methoxy groups -OCH3 is 1. The van der Waals surface area contributed by atoms with Crippen molar-refractivity contribution in [3.05, 3.63) is 87.7 Å². The van der Waals surface area contributed by atoms with Crippen LogP contribution in [0.2, 0.25) is 0 Å². The fraction of sp³-hybridized carbons (Fsp3) is 0.553. The van der Waals surface area contributed by atoms with Gasteiger partial charge < -0.3 is 19.9 Å². The number of rotatable bonds is 11.